The Morgan fingerprint density at radius 2 is 1.29 bits per heavy atom. The molecule has 0 aliphatic rings. The summed E-state index contributed by atoms with van der Waals surface area (Å²) in [5, 5.41) is 20.6. The van der Waals surface area contributed by atoms with E-state index >= 15 is 0 Å². The first-order chi connectivity index (χ1) is 16.5. The average Bonchev–Trinajstić information content (AvgIpc) is 2.88. The Bertz CT molecular complexity index is 1220. The predicted octanol–water partition coefficient (Wildman–Crippen LogP) is 7.20. The second kappa shape index (κ2) is 10.8. The van der Waals surface area contributed by atoms with Crippen molar-refractivity contribution >= 4 is 5.97 Å². The van der Waals surface area contributed by atoms with Gasteiger partial charge >= 0.3 is 5.97 Å². The Kier molecular flexibility index (Phi) is 7.44. The van der Waals surface area contributed by atoms with E-state index in [-0.39, 0.29) is 23.1 Å². The molecule has 0 amide bonds. The van der Waals surface area contributed by atoms with Crippen molar-refractivity contribution in [1.29, 1.82) is 0 Å². The molecule has 0 aromatic heterocycles. The monoisotopic (exact) mass is 450 g/mol. The second-order valence-electron chi connectivity index (χ2n) is 8.88. The number of aryl methyl sites for hydroxylation is 2. The highest BCUT2D eigenvalue weighted by Crippen LogP contribution is 2.38. The average molecular weight is 451 g/mol. The predicted molar refractivity (Wildman–Crippen MR) is 137 cm³/mol. The molecule has 0 radical (unpaired) electrons. The number of carboxylic acids is 1. The fourth-order valence-electron chi connectivity index (χ4n) is 4.62. The van der Waals surface area contributed by atoms with Crippen LogP contribution in [0.4, 0.5) is 0 Å². The third-order valence-corrected chi connectivity index (χ3v) is 6.53. The van der Waals surface area contributed by atoms with Crippen LogP contribution in [0, 0.1) is 0 Å². The van der Waals surface area contributed by atoms with Crippen molar-refractivity contribution in [2.75, 3.05) is 0 Å². The molecule has 0 aliphatic heterocycles. The molecule has 172 valence electrons. The van der Waals surface area contributed by atoms with Gasteiger partial charge in [0.15, 0.2) is 0 Å². The zero-order valence-electron chi connectivity index (χ0n) is 19.4. The summed E-state index contributed by atoms with van der Waals surface area (Å²) in [4.78, 5) is 12.0. The number of hydrogen-bond donors (Lipinski definition) is 2. The minimum atomic E-state index is -1.11. The van der Waals surface area contributed by atoms with Gasteiger partial charge in [0.05, 0.1) is 0 Å². The normalized spacial score (nSPS) is 12.7. The first-order valence-electron chi connectivity index (χ1n) is 11.8. The van der Waals surface area contributed by atoms with Crippen LogP contribution in [-0.4, -0.2) is 16.2 Å². The maximum atomic E-state index is 12.0. The van der Waals surface area contributed by atoms with Crippen molar-refractivity contribution in [3.8, 4) is 5.75 Å². The van der Waals surface area contributed by atoms with E-state index in [4.69, 9.17) is 0 Å². The summed E-state index contributed by atoms with van der Waals surface area (Å²) in [6.07, 6.45) is 2.13. The highest BCUT2D eigenvalue weighted by atomic mass is 16.4. The molecular weight excluding hydrogens is 420 g/mol. The Labute approximate surface area is 201 Å². The first-order valence-corrected chi connectivity index (χ1v) is 11.8. The summed E-state index contributed by atoms with van der Waals surface area (Å²) in [6.45, 7) is 2.21. The fourth-order valence-corrected chi connectivity index (χ4v) is 4.62. The van der Waals surface area contributed by atoms with Crippen LogP contribution in [-0.2, 0) is 12.8 Å². The van der Waals surface area contributed by atoms with Gasteiger partial charge in [-0.1, -0.05) is 104 Å². The summed E-state index contributed by atoms with van der Waals surface area (Å²) in [7, 11) is 0. The van der Waals surface area contributed by atoms with E-state index in [2.05, 4.69) is 31.2 Å². The lowest BCUT2D eigenvalue weighted by atomic mass is 9.80. The Hall–Kier alpha value is -3.85. The largest absolute Gasteiger partial charge is 0.507 e. The minimum Gasteiger partial charge on any atom is -0.507 e. The van der Waals surface area contributed by atoms with E-state index in [1.54, 1.807) is 6.07 Å². The van der Waals surface area contributed by atoms with Gasteiger partial charge in [-0.15, -0.1) is 0 Å². The zero-order chi connectivity index (χ0) is 23.9. The summed E-state index contributed by atoms with van der Waals surface area (Å²) in [5.74, 6) is -0.954. The van der Waals surface area contributed by atoms with Crippen LogP contribution in [0.5, 0.6) is 5.75 Å². The second-order valence-corrected chi connectivity index (χ2v) is 8.88. The van der Waals surface area contributed by atoms with Crippen LogP contribution in [0.3, 0.4) is 0 Å². The van der Waals surface area contributed by atoms with E-state index < -0.39 is 5.97 Å². The van der Waals surface area contributed by atoms with Crippen LogP contribution in [0.1, 0.15) is 63.4 Å². The quantitative estimate of drug-likeness (QED) is 0.283. The number of phenols is 1. The van der Waals surface area contributed by atoms with E-state index in [1.165, 1.54) is 5.56 Å². The van der Waals surface area contributed by atoms with Gasteiger partial charge in [0.25, 0.3) is 0 Å². The molecule has 4 aromatic rings. The highest BCUT2D eigenvalue weighted by Gasteiger charge is 2.23. The summed E-state index contributed by atoms with van der Waals surface area (Å²) < 4.78 is 0. The molecule has 0 bridgehead atoms. The molecule has 3 heteroatoms. The lowest BCUT2D eigenvalue weighted by molar-refractivity contribution is 0.0693. The Balaban J connectivity index is 1.73. The van der Waals surface area contributed by atoms with Gasteiger partial charge in [0.1, 0.15) is 11.3 Å². The molecule has 0 heterocycles. The number of carbonyl (C=O) groups is 1. The van der Waals surface area contributed by atoms with Crippen molar-refractivity contribution in [2.45, 2.75) is 38.0 Å². The summed E-state index contributed by atoms with van der Waals surface area (Å²) in [6, 6.07) is 34.3. The molecule has 2 unspecified atom stereocenters. The molecule has 0 saturated carbocycles. The smallest absolute Gasteiger partial charge is 0.339 e. The van der Waals surface area contributed by atoms with Crippen molar-refractivity contribution in [3.63, 3.8) is 0 Å². The van der Waals surface area contributed by atoms with E-state index in [0.29, 0.717) is 12.0 Å². The maximum absolute atomic E-state index is 12.0. The lowest BCUT2D eigenvalue weighted by Crippen LogP contribution is -2.10. The van der Waals surface area contributed by atoms with E-state index in [9.17, 15) is 15.0 Å². The summed E-state index contributed by atoms with van der Waals surface area (Å²) >= 11 is 0. The number of benzene rings is 4. The molecule has 4 rings (SSSR count). The van der Waals surface area contributed by atoms with E-state index in [0.717, 1.165) is 29.5 Å². The van der Waals surface area contributed by atoms with Gasteiger partial charge in [0.2, 0.25) is 0 Å². The highest BCUT2D eigenvalue weighted by molar-refractivity contribution is 5.91. The molecular formula is C31H30O3. The van der Waals surface area contributed by atoms with Crippen LogP contribution < -0.4 is 0 Å². The topological polar surface area (TPSA) is 57.5 Å². The SMILES string of the molecule is CC(CC(c1ccccc1)c1cc(CCc2ccccc2)c(O)c(C(=O)O)c1)c1ccccc1. The summed E-state index contributed by atoms with van der Waals surface area (Å²) in [5.41, 5.74) is 5.11. The number of hydrogen-bond acceptors (Lipinski definition) is 2. The van der Waals surface area contributed by atoms with Gasteiger partial charge in [-0.2, -0.15) is 0 Å². The van der Waals surface area contributed by atoms with Gasteiger partial charge < -0.3 is 10.2 Å². The van der Waals surface area contributed by atoms with Gasteiger partial charge in [-0.3, -0.25) is 0 Å². The van der Waals surface area contributed by atoms with Crippen molar-refractivity contribution in [3.05, 3.63) is 137 Å². The number of carboxylic acid groups (broad SMARTS) is 1. The number of aromatic hydroxyl groups is 1. The molecule has 0 spiro atoms. The van der Waals surface area contributed by atoms with Crippen LogP contribution in [0.25, 0.3) is 0 Å². The van der Waals surface area contributed by atoms with Crippen molar-refractivity contribution in [1.82, 2.24) is 0 Å². The molecule has 2 N–H and O–H groups in total. The van der Waals surface area contributed by atoms with E-state index in [1.807, 2.05) is 72.8 Å². The fraction of sp³-hybridized carbons (Fsp3) is 0.194. The minimum absolute atomic E-state index is 0.00517. The molecule has 4 aromatic carbocycles. The van der Waals surface area contributed by atoms with Crippen LogP contribution in [0.2, 0.25) is 0 Å². The molecule has 2 atom stereocenters. The Morgan fingerprint density at radius 3 is 1.88 bits per heavy atom. The third kappa shape index (κ3) is 5.55. The van der Waals surface area contributed by atoms with Crippen LogP contribution >= 0.6 is 0 Å². The zero-order valence-corrected chi connectivity index (χ0v) is 19.4. The van der Waals surface area contributed by atoms with Gasteiger partial charge in [-0.05, 0) is 59.1 Å². The standard InChI is InChI=1S/C31H30O3/c1-22(24-13-7-3-8-14-24)19-28(25-15-9-4-10-16-25)27-20-26(30(32)29(21-27)31(33)34)18-17-23-11-5-2-6-12-23/h2-16,20-22,28,32H,17-19H2,1H3,(H,33,34). The molecule has 0 fully saturated rings. The Morgan fingerprint density at radius 1 is 0.735 bits per heavy atom. The number of aromatic carboxylic acids is 1. The first kappa shape index (κ1) is 23.3. The van der Waals surface area contributed by atoms with Crippen LogP contribution in [0.15, 0.2) is 103 Å². The maximum Gasteiger partial charge on any atom is 0.339 e. The van der Waals surface area contributed by atoms with Gasteiger partial charge in [-0.25, -0.2) is 4.79 Å². The van der Waals surface area contributed by atoms with Crippen molar-refractivity contribution < 1.29 is 15.0 Å². The molecule has 0 aliphatic carbocycles. The lowest BCUT2D eigenvalue weighted by Gasteiger charge is -2.24. The number of rotatable bonds is 9. The molecule has 0 saturated heterocycles. The van der Waals surface area contributed by atoms with Crippen molar-refractivity contribution in [2.24, 2.45) is 0 Å². The molecule has 3 nitrogen and oxygen atoms in total. The van der Waals surface area contributed by atoms with Gasteiger partial charge in [0, 0.05) is 5.92 Å². The third-order valence-electron chi connectivity index (χ3n) is 6.53. The molecule has 34 heavy (non-hydrogen) atoms.